The number of hydrogen-bond donors (Lipinski definition) is 0. The molecule has 2 nitrogen and oxygen atoms in total. The molecule has 0 bridgehead atoms. The van der Waals surface area contributed by atoms with Gasteiger partial charge >= 0.3 is 0 Å². The summed E-state index contributed by atoms with van der Waals surface area (Å²) in [6.45, 7) is 0. The van der Waals surface area contributed by atoms with Crippen LogP contribution in [0, 0.1) is 0 Å². The fourth-order valence-electron chi connectivity index (χ4n) is 7.19. The highest BCUT2D eigenvalue weighted by molar-refractivity contribution is 6.09. The SMILES string of the molecule is c1ccc(-c2ccc(N(c3cccc(-c4ccccc4)c3)c3cccc(-c4cccc(-n5c6ccccc6c6ccccc65)c4)c3)cc2)cc1. The number of benzene rings is 8. The van der Waals surface area contributed by atoms with Gasteiger partial charge in [0.05, 0.1) is 11.0 Å². The van der Waals surface area contributed by atoms with Gasteiger partial charge in [-0.3, -0.25) is 0 Å². The number of fused-ring (bicyclic) bond motifs is 3. The molecule has 0 radical (unpaired) electrons. The smallest absolute Gasteiger partial charge is 0.0541 e. The van der Waals surface area contributed by atoms with Crippen LogP contribution in [0.2, 0.25) is 0 Å². The van der Waals surface area contributed by atoms with Crippen molar-refractivity contribution >= 4 is 38.9 Å². The van der Waals surface area contributed by atoms with Gasteiger partial charge in [-0.25, -0.2) is 0 Å². The number of anilines is 3. The lowest BCUT2D eigenvalue weighted by Crippen LogP contribution is -2.10. The number of hydrogen-bond acceptors (Lipinski definition) is 1. The Bertz CT molecular complexity index is 2530. The monoisotopic (exact) mass is 638 g/mol. The second-order valence-corrected chi connectivity index (χ2v) is 12.6. The van der Waals surface area contributed by atoms with Gasteiger partial charge in [-0.05, 0) is 94.0 Å². The van der Waals surface area contributed by atoms with Gasteiger partial charge in [-0.15, -0.1) is 0 Å². The molecule has 0 aliphatic rings. The molecule has 9 rings (SSSR count). The Kier molecular flexibility index (Phi) is 7.53. The summed E-state index contributed by atoms with van der Waals surface area (Å²) in [7, 11) is 0. The quantitative estimate of drug-likeness (QED) is 0.169. The highest BCUT2D eigenvalue weighted by atomic mass is 15.1. The van der Waals surface area contributed by atoms with Gasteiger partial charge in [0, 0.05) is 33.5 Å². The summed E-state index contributed by atoms with van der Waals surface area (Å²) < 4.78 is 2.38. The van der Waals surface area contributed by atoms with E-state index in [0.717, 1.165) is 28.3 Å². The largest absolute Gasteiger partial charge is 0.310 e. The zero-order chi connectivity index (χ0) is 33.3. The van der Waals surface area contributed by atoms with Crippen molar-refractivity contribution < 1.29 is 0 Å². The van der Waals surface area contributed by atoms with Crippen LogP contribution >= 0.6 is 0 Å². The molecule has 0 atom stereocenters. The molecular formula is C48H34N2. The molecule has 8 aromatic carbocycles. The molecule has 1 heterocycles. The van der Waals surface area contributed by atoms with Crippen molar-refractivity contribution in [1.29, 1.82) is 0 Å². The van der Waals surface area contributed by atoms with Gasteiger partial charge in [0.25, 0.3) is 0 Å². The first-order valence-corrected chi connectivity index (χ1v) is 17.1. The minimum absolute atomic E-state index is 1.10. The first-order valence-electron chi connectivity index (χ1n) is 17.1. The molecule has 0 saturated carbocycles. The van der Waals surface area contributed by atoms with E-state index in [1.165, 1.54) is 49.6 Å². The fourth-order valence-corrected chi connectivity index (χ4v) is 7.19. The van der Waals surface area contributed by atoms with Gasteiger partial charge in [-0.1, -0.05) is 146 Å². The van der Waals surface area contributed by atoms with Crippen LogP contribution in [-0.2, 0) is 0 Å². The first-order chi connectivity index (χ1) is 24.8. The van der Waals surface area contributed by atoms with Crippen molar-refractivity contribution in [3.63, 3.8) is 0 Å². The van der Waals surface area contributed by atoms with E-state index >= 15 is 0 Å². The summed E-state index contributed by atoms with van der Waals surface area (Å²) in [5, 5.41) is 2.53. The Labute approximate surface area is 292 Å². The molecular weight excluding hydrogens is 605 g/mol. The molecule has 9 aromatic rings. The van der Waals surface area contributed by atoms with E-state index < -0.39 is 0 Å². The summed E-state index contributed by atoms with van der Waals surface area (Å²) in [5.74, 6) is 0. The molecule has 0 spiro atoms. The summed E-state index contributed by atoms with van der Waals surface area (Å²) in [6.07, 6.45) is 0. The van der Waals surface area contributed by atoms with E-state index in [0.29, 0.717) is 0 Å². The number of nitrogens with zero attached hydrogens (tertiary/aromatic N) is 2. The minimum atomic E-state index is 1.10. The standard InChI is InChI=1S/C48H34N2/c1-3-14-35(15-4-1)37-28-30-41(31-29-37)49(42-21-11-18-38(32-42)36-16-5-2-6-17-36)43-22-12-19-39(33-43)40-20-13-23-44(34-40)50-47-26-9-7-24-45(47)46-25-8-10-27-48(46)50/h1-34H. The van der Waals surface area contributed by atoms with Crippen molar-refractivity contribution in [3.8, 4) is 39.1 Å². The maximum absolute atomic E-state index is 2.38. The van der Waals surface area contributed by atoms with Crippen molar-refractivity contribution in [1.82, 2.24) is 4.57 Å². The predicted octanol–water partition coefficient (Wildman–Crippen LogP) is 13.3. The Morgan fingerprint density at radius 1 is 0.280 bits per heavy atom. The second kappa shape index (κ2) is 12.8. The fraction of sp³-hybridized carbons (Fsp3) is 0. The van der Waals surface area contributed by atoms with Crippen LogP contribution < -0.4 is 4.90 Å². The number of para-hydroxylation sites is 2. The average molecular weight is 639 g/mol. The maximum atomic E-state index is 2.38. The summed E-state index contributed by atoms with van der Waals surface area (Å²) in [5.41, 5.74) is 14.0. The Hall–Kier alpha value is -6.64. The molecule has 236 valence electrons. The number of rotatable bonds is 7. The Balaban J connectivity index is 1.16. The second-order valence-electron chi connectivity index (χ2n) is 12.6. The van der Waals surface area contributed by atoms with Gasteiger partial charge in [0.15, 0.2) is 0 Å². The van der Waals surface area contributed by atoms with Crippen molar-refractivity contribution in [2.45, 2.75) is 0 Å². The van der Waals surface area contributed by atoms with E-state index in [2.05, 4.69) is 216 Å². The summed E-state index contributed by atoms with van der Waals surface area (Å²) in [4.78, 5) is 2.36. The van der Waals surface area contributed by atoms with Crippen molar-refractivity contribution in [3.05, 3.63) is 206 Å². The molecule has 1 aromatic heterocycles. The molecule has 2 heteroatoms. The van der Waals surface area contributed by atoms with E-state index in [4.69, 9.17) is 0 Å². The van der Waals surface area contributed by atoms with Gasteiger partial charge in [0.2, 0.25) is 0 Å². The van der Waals surface area contributed by atoms with Crippen LogP contribution in [0.4, 0.5) is 17.1 Å². The molecule has 0 N–H and O–H groups in total. The van der Waals surface area contributed by atoms with E-state index in [9.17, 15) is 0 Å². The minimum Gasteiger partial charge on any atom is -0.310 e. The molecule has 0 aliphatic carbocycles. The topological polar surface area (TPSA) is 8.17 Å². The van der Waals surface area contributed by atoms with Crippen molar-refractivity contribution in [2.75, 3.05) is 4.90 Å². The lowest BCUT2D eigenvalue weighted by Gasteiger charge is -2.27. The zero-order valence-corrected chi connectivity index (χ0v) is 27.5. The third-order valence-corrected chi connectivity index (χ3v) is 9.57. The Morgan fingerprint density at radius 3 is 1.28 bits per heavy atom. The van der Waals surface area contributed by atoms with Crippen LogP contribution in [0.1, 0.15) is 0 Å². The van der Waals surface area contributed by atoms with Gasteiger partial charge in [0.1, 0.15) is 0 Å². The predicted molar refractivity (Wildman–Crippen MR) is 212 cm³/mol. The molecule has 0 unspecified atom stereocenters. The van der Waals surface area contributed by atoms with Crippen molar-refractivity contribution in [2.24, 2.45) is 0 Å². The van der Waals surface area contributed by atoms with Gasteiger partial charge in [-0.2, -0.15) is 0 Å². The lowest BCUT2D eigenvalue weighted by atomic mass is 10.0. The Morgan fingerprint density at radius 2 is 0.700 bits per heavy atom. The highest BCUT2D eigenvalue weighted by Crippen LogP contribution is 2.40. The molecule has 0 saturated heterocycles. The van der Waals surface area contributed by atoms with Crippen LogP contribution in [0.15, 0.2) is 206 Å². The summed E-state index contributed by atoms with van der Waals surface area (Å²) >= 11 is 0. The molecule has 0 fully saturated rings. The highest BCUT2D eigenvalue weighted by Gasteiger charge is 2.16. The number of aromatic nitrogens is 1. The average Bonchev–Trinajstić information content (AvgIpc) is 3.54. The molecule has 50 heavy (non-hydrogen) atoms. The third kappa shape index (κ3) is 5.43. The maximum Gasteiger partial charge on any atom is 0.0541 e. The molecule has 0 amide bonds. The van der Waals surface area contributed by atoms with Crippen LogP contribution in [0.3, 0.4) is 0 Å². The van der Waals surface area contributed by atoms with E-state index in [1.54, 1.807) is 0 Å². The van der Waals surface area contributed by atoms with E-state index in [-0.39, 0.29) is 0 Å². The first kappa shape index (κ1) is 29.5. The normalized spacial score (nSPS) is 11.2. The summed E-state index contributed by atoms with van der Waals surface area (Å²) in [6, 6.07) is 74.1. The van der Waals surface area contributed by atoms with Crippen LogP contribution in [0.25, 0.3) is 60.9 Å². The van der Waals surface area contributed by atoms with Gasteiger partial charge < -0.3 is 9.47 Å². The van der Waals surface area contributed by atoms with E-state index in [1.807, 2.05) is 0 Å². The zero-order valence-electron chi connectivity index (χ0n) is 27.5. The van der Waals surface area contributed by atoms with Crippen LogP contribution in [0.5, 0.6) is 0 Å². The molecule has 0 aliphatic heterocycles. The lowest BCUT2D eigenvalue weighted by molar-refractivity contribution is 1.18. The third-order valence-electron chi connectivity index (χ3n) is 9.57. The van der Waals surface area contributed by atoms with Crippen LogP contribution in [-0.4, -0.2) is 4.57 Å².